The zero-order valence-corrected chi connectivity index (χ0v) is 11.5. The van der Waals surface area contributed by atoms with Crippen LogP contribution in [0.5, 0.6) is 0 Å². The van der Waals surface area contributed by atoms with Crippen molar-refractivity contribution in [3.63, 3.8) is 0 Å². The molecular weight excluding hydrogens is 216 g/mol. The molecule has 3 heteroatoms. The maximum Gasteiger partial charge on any atom is 0.0328 e. The van der Waals surface area contributed by atoms with Gasteiger partial charge in [0.1, 0.15) is 0 Å². The van der Waals surface area contributed by atoms with Crippen LogP contribution in [0.25, 0.3) is 0 Å². The molecule has 92 valence electrons. The topological polar surface area (TPSA) is 15.3 Å². The molecule has 0 radical (unpaired) electrons. The van der Waals surface area contributed by atoms with Crippen LogP contribution in [0, 0.1) is 0 Å². The molecule has 0 saturated heterocycles. The highest BCUT2D eigenvalue weighted by Gasteiger charge is 2.12. The van der Waals surface area contributed by atoms with E-state index in [9.17, 15) is 0 Å². The largest absolute Gasteiger partial charge is 0.315 e. The minimum Gasteiger partial charge on any atom is -0.315 e. The van der Waals surface area contributed by atoms with Crippen molar-refractivity contribution in [1.29, 1.82) is 0 Å². The van der Waals surface area contributed by atoms with Crippen molar-refractivity contribution in [1.82, 2.24) is 10.2 Å². The van der Waals surface area contributed by atoms with Crippen molar-refractivity contribution >= 4 is 11.3 Å². The van der Waals surface area contributed by atoms with Gasteiger partial charge in [-0.15, -0.1) is 11.3 Å². The van der Waals surface area contributed by atoms with Crippen molar-refractivity contribution in [3.05, 3.63) is 22.4 Å². The molecule has 1 rings (SSSR count). The second-order valence-electron chi connectivity index (χ2n) is 4.26. The molecule has 1 atom stereocenters. The summed E-state index contributed by atoms with van der Waals surface area (Å²) < 4.78 is 0. The highest BCUT2D eigenvalue weighted by atomic mass is 32.1. The van der Waals surface area contributed by atoms with Gasteiger partial charge in [-0.2, -0.15) is 0 Å². The smallest absolute Gasteiger partial charge is 0.0328 e. The molecule has 0 aliphatic rings. The van der Waals surface area contributed by atoms with E-state index in [4.69, 9.17) is 0 Å². The Morgan fingerprint density at radius 2 is 2.25 bits per heavy atom. The average molecular weight is 240 g/mol. The summed E-state index contributed by atoms with van der Waals surface area (Å²) in [6, 6.07) is 4.99. The molecule has 0 aliphatic heterocycles. The summed E-state index contributed by atoms with van der Waals surface area (Å²) in [7, 11) is 2.22. The summed E-state index contributed by atoms with van der Waals surface area (Å²) in [4.78, 5) is 3.91. The summed E-state index contributed by atoms with van der Waals surface area (Å²) in [5.74, 6) is 0. The van der Waals surface area contributed by atoms with Crippen LogP contribution in [-0.4, -0.2) is 31.1 Å². The molecule has 1 unspecified atom stereocenters. The van der Waals surface area contributed by atoms with Crippen LogP contribution in [0.1, 0.15) is 31.6 Å². The Balaban J connectivity index is 2.33. The minimum absolute atomic E-state index is 0.647. The number of hydrogen-bond donors (Lipinski definition) is 1. The average Bonchev–Trinajstić information content (AvgIpc) is 2.77. The quantitative estimate of drug-likeness (QED) is 0.703. The lowest BCUT2D eigenvalue weighted by Crippen LogP contribution is -2.39. The first-order chi connectivity index (χ1) is 7.77. The van der Waals surface area contributed by atoms with Gasteiger partial charge in [0.05, 0.1) is 0 Å². The Labute approximate surface area is 104 Å². The van der Waals surface area contributed by atoms with E-state index in [1.54, 1.807) is 0 Å². The van der Waals surface area contributed by atoms with E-state index in [1.807, 2.05) is 11.3 Å². The molecule has 0 amide bonds. The van der Waals surface area contributed by atoms with E-state index < -0.39 is 0 Å². The third-order valence-electron chi connectivity index (χ3n) is 2.89. The van der Waals surface area contributed by atoms with Gasteiger partial charge in [-0.3, -0.25) is 4.90 Å². The van der Waals surface area contributed by atoms with Gasteiger partial charge >= 0.3 is 0 Å². The Hall–Kier alpha value is -0.380. The fourth-order valence-corrected chi connectivity index (χ4v) is 2.60. The van der Waals surface area contributed by atoms with Crippen molar-refractivity contribution < 1.29 is 0 Å². The molecule has 0 saturated carbocycles. The summed E-state index contributed by atoms with van der Waals surface area (Å²) in [6.07, 6.45) is 2.42. The molecule has 2 nitrogen and oxygen atoms in total. The lowest BCUT2D eigenvalue weighted by atomic mass is 10.2. The van der Waals surface area contributed by atoms with Crippen molar-refractivity contribution in [2.24, 2.45) is 0 Å². The van der Waals surface area contributed by atoms with Gasteiger partial charge in [-0.05, 0) is 37.9 Å². The molecule has 0 bridgehead atoms. The maximum atomic E-state index is 3.51. The van der Waals surface area contributed by atoms with Crippen LogP contribution in [-0.2, 0) is 6.54 Å². The number of likely N-dealkylation sites (N-methyl/N-ethyl adjacent to an activating group) is 1. The van der Waals surface area contributed by atoms with Gasteiger partial charge in [0.15, 0.2) is 0 Å². The van der Waals surface area contributed by atoms with Gasteiger partial charge in [0.2, 0.25) is 0 Å². The highest BCUT2D eigenvalue weighted by Crippen LogP contribution is 2.13. The fourth-order valence-electron chi connectivity index (χ4n) is 1.83. The minimum atomic E-state index is 0.647. The third kappa shape index (κ3) is 4.64. The van der Waals surface area contributed by atoms with E-state index in [0.717, 1.165) is 19.6 Å². The number of nitrogens with one attached hydrogen (secondary N) is 1. The molecule has 0 fully saturated rings. The molecule has 1 N–H and O–H groups in total. The Morgan fingerprint density at radius 3 is 2.81 bits per heavy atom. The van der Waals surface area contributed by atoms with Gasteiger partial charge in [0, 0.05) is 24.0 Å². The maximum absolute atomic E-state index is 3.51. The first-order valence-electron chi connectivity index (χ1n) is 6.21. The Bertz CT molecular complexity index is 259. The summed E-state index contributed by atoms with van der Waals surface area (Å²) in [5.41, 5.74) is 0. The summed E-state index contributed by atoms with van der Waals surface area (Å²) in [6.45, 7) is 7.78. The Morgan fingerprint density at radius 1 is 1.44 bits per heavy atom. The van der Waals surface area contributed by atoms with E-state index in [1.165, 1.54) is 17.7 Å². The monoisotopic (exact) mass is 240 g/mol. The van der Waals surface area contributed by atoms with Crippen LogP contribution in [0.15, 0.2) is 17.5 Å². The molecule has 0 aromatic carbocycles. The van der Waals surface area contributed by atoms with Gasteiger partial charge in [-0.1, -0.05) is 19.9 Å². The van der Waals surface area contributed by atoms with E-state index in [0.29, 0.717) is 6.04 Å². The Kier molecular flexibility index (Phi) is 6.69. The van der Waals surface area contributed by atoms with Crippen molar-refractivity contribution in [2.75, 3.05) is 20.1 Å². The number of rotatable bonds is 8. The van der Waals surface area contributed by atoms with Crippen molar-refractivity contribution in [2.45, 2.75) is 39.3 Å². The fraction of sp³-hybridized carbons (Fsp3) is 0.692. The molecule has 0 aliphatic carbocycles. The lowest BCUT2D eigenvalue weighted by Gasteiger charge is -2.27. The predicted molar refractivity (Wildman–Crippen MR) is 73.0 cm³/mol. The third-order valence-corrected chi connectivity index (χ3v) is 3.75. The second-order valence-corrected chi connectivity index (χ2v) is 5.29. The number of nitrogens with zero attached hydrogens (tertiary/aromatic N) is 1. The molecular formula is C13H24N2S. The second kappa shape index (κ2) is 7.82. The first kappa shape index (κ1) is 13.7. The van der Waals surface area contributed by atoms with Crippen LogP contribution in [0.2, 0.25) is 0 Å². The summed E-state index contributed by atoms with van der Waals surface area (Å²) >= 11 is 1.85. The highest BCUT2D eigenvalue weighted by molar-refractivity contribution is 7.09. The molecule has 1 aromatic heterocycles. The number of thiophene rings is 1. The van der Waals surface area contributed by atoms with E-state index in [2.05, 4.69) is 48.6 Å². The summed E-state index contributed by atoms with van der Waals surface area (Å²) in [5, 5.41) is 5.66. The lowest BCUT2D eigenvalue weighted by molar-refractivity contribution is 0.223. The van der Waals surface area contributed by atoms with Crippen LogP contribution in [0.4, 0.5) is 0 Å². The van der Waals surface area contributed by atoms with Crippen molar-refractivity contribution in [3.8, 4) is 0 Å². The zero-order valence-electron chi connectivity index (χ0n) is 10.7. The first-order valence-corrected chi connectivity index (χ1v) is 7.09. The predicted octanol–water partition coefficient (Wildman–Crippen LogP) is 2.96. The normalized spacial score (nSPS) is 13.2. The van der Waals surface area contributed by atoms with Crippen LogP contribution < -0.4 is 5.32 Å². The number of hydrogen-bond acceptors (Lipinski definition) is 3. The molecule has 1 aromatic rings. The van der Waals surface area contributed by atoms with E-state index >= 15 is 0 Å². The van der Waals surface area contributed by atoms with Gasteiger partial charge in [0.25, 0.3) is 0 Å². The molecule has 16 heavy (non-hydrogen) atoms. The molecule has 0 spiro atoms. The van der Waals surface area contributed by atoms with E-state index in [-0.39, 0.29) is 0 Å². The van der Waals surface area contributed by atoms with Gasteiger partial charge in [-0.25, -0.2) is 0 Å². The zero-order chi connectivity index (χ0) is 11.8. The molecule has 1 heterocycles. The van der Waals surface area contributed by atoms with Crippen LogP contribution in [0.3, 0.4) is 0 Å². The SMILES string of the molecule is CCCNCC(CC)N(C)Cc1cccs1. The standard InChI is InChI=1S/C13H24N2S/c1-4-8-14-10-12(5-2)15(3)11-13-7-6-9-16-13/h6-7,9,12,14H,4-5,8,10-11H2,1-3H3. The van der Waals surface area contributed by atoms with Crippen LogP contribution >= 0.6 is 11.3 Å². The van der Waals surface area contributed by atoms with Gasteiger partial charge < -0.3 is 5.32 Å².